The van der Waals surface area contributed by atoms with E-state index >= 15 is 0 Å². The summed E-state index contributed by atoms with van der Waals surface area (Å²) in [5, 5.41) is 42.7. The maximum atomic E-state index is 10.9. The van der Waals surface area contributed by atoms with Gasteiger partial charge in [-0.3, -0.25) is 0 Å². The summed E-state index contributed by atoms with van der Waals surface area (Å²) in [5.74, 6) is 0.0667. The molecule has 34 heavy (non-hydrogen) atoms. The smallest absolute Gasteiger partial charge is 0.134 e. The Balaban J connectivity index is 1.77. The fourth-order valence-electron chi connectivity index (χ4n) is 4.32. The molecule has 0 atom stereocenters. The van der Waals surface area contributed by atoms with Crippen LogP contribution < -0.4 is 0 Å². The minimum Gasteiger partial charge on any atom is -0.507 e. The quantitative estimate of drug-likeness (QED) is 0.206. The van der Waals surface area contributed by atoms with E-state index in [1.807, 2.05) is 18.2 Å². The predicted molar refractivity (Wildman–Crippen MR) is 137 cm³/mol. The lowest BCUT2D eigenvalue weighted by atomic mass is 9.92. The molecule has 0 fully saturated rings. The van der Waals surface area contributed by atoms with Crippen molar-refractivity contribution in [3.63, 3.8) is 0 Å². The number of halogens is 2. The number of phenols is 4. The lowest BCUT2D eigenvalue weighted by Crippen LogP contribution is -1.97. The lowest BCUT2D eigenvalue weighted by Gasteiger charge is -2.16. The highest BCUT2D eigenvalue weighted by Gasteiger charge is 2.18. The molecule has 6 rings (SSSR count). The van der Waals surface area contributed by atoms with E-state index in [1.54, 1.807) is 54.6 Å². The van der Waals surface area contributed by atoms with Gasteiger partial charge in [-0.1, -0.05) is 47.5 Å². The molecule has 4 nitrogen and oxygen atoms in total. The Morgan fingerprint density at radius 1 is 0.529 bits per heavy atom. The minimum atomic E-state index is -0.0573. The molecule has 2 aliphatic carbocycles. The largest absolute Gasteiger partial charge is 0.507 e. The maximum absolute atomic E-state index is 10.9. The van der Waals surface area contributed by atoms with Crippen LogP contribution in [0.15, 0.2) is 60.7 Å². The van der Waals surface area contributed by atoms with Crippen molar-refractivity contribution in [2.24, 2.45) is 0 Å². The van der Waals surface area contributed by atoms with Crippen molar-refractivity contribution in [1.82, 2.24) is 0 Å². The predicted octanol–water partition coefficient (Wildman–Crippen LogP) is 7.42. The topological polar surface area (TPSA) is 80.9 Å². The van der Waals surface area contributed by atoms with E-state index in [0.717, 1.165) is 16.7 Å². The highest BCUT2D eigenvalue weighted by Crippen LogP contribution is 2.43. The normalized spacial score (nSPS) is 13.5. The first-order chi connectivity index (χ1) is 16.3. The van der Waals surface area contributed by atoms with E-state index in [0.29, 0.717) is 45.7 Å². The summed E-state index contributed by atoms with van der Waals surface area (Å²) in [5.41, 5.74) is 5.28. The van der Waals surface area contributed by atoms with Crippen LogP contribution in [0.3, 0.4) is 0 Å². The molecule has 170 valence electrons. The molecule has 0 spiro atoms. The van der Waals surface area contributed by atoms with Gasteiger partial charge in [0.1, 0.15) is 23.0 Å². The molecule has 0 heterocycles. The van der Waals surface area contributed by atoms with Crippen molar-refractivity contribution in [2.75, 3.05) is 0 Å². The monoisotopic (exact) mass is 490 g/mol. The molecular weight excluding hydrogens is 471 g/mol. The molecule has 6 bridgehead atoms. The number of phenolic OH excluding ortho intramolecular Hbond substituents is 4. The van der Waals surface area contributed by atoms with Crippen LogP contribution >= 0.6 is 23.2 Å². The van der Waals surface area contributed by atoms with Gasteiger partial charge in [-0.05, 0) is 89.2 Å². The van der Waals surface area contributed by atoms with Crippen molar-refractivity contribution in [2.45, 2.75) is 12.8 Å². The minimum absolute atomic E-state index is 0.000524. The molecule has 0 saturated heterocycles. The summed E-state index contributed by atoms with van der Waals surface area (Å²) in [6.07, 6.45) is 4.72. The summed E-state index contributed by atoms with van der Waals surface area (Å²) >= 11 is 12.8. The van der Waals surface area contributed by atoms with Gasteiger partial charge >= 0.3 is 0 Å². The van der Waals surface area contributed by atoms with Crippen molar-refractivity contribution in [1.29, 1.82) is 0 Å². The molecule has 4 aromatic carbocycles. The van der Waals surface area contributed by atoms with E-state index in [2.05, 4.69) is 0 Å². The molecule has 0 unspecified atom stereocenters. The Bertz CT molecular complexity index is 1450. The summed E-state index contributed by atoms with van der Waals surface area (Å²) in [7, 11) is 0. The second-order valence-corrected chi connectivity index (χ2v) is 9.13. The number of rotatable bonds is 0. The van der Waals surface area contributed by atoms with Crippen LogP contribution in [0.2, 0.25) is 10.0 Å². The van der Waals surface area contributed by atoms with Crippen molar-refractivity contribution < 1.29 is 20.4 Å². The third-order valence-corrected chi connectivity index (χ3v) is 6.66. The van der Waals surface area contributed by atoms with E-state index in [1.165, 1.54) is 0 Å². The molecule has 4 N–H and O–H groups in total. The van der Waals surface area contributed by atoms with E-state index in [9.17, 15) is 20.4 Å². The molecule has 6 heteroatoms. The van der Waals surface area contributed by atoms with Gasteiger partial charge < -0.3 is 20.4 Å². The number of aromatic hydroxyl groups is 4. The lowest BCUT2D eigenvalue weighted by molar-refractivity contribution is 0.469. The van der Waals surface area contributed by atoms with Crippen LogP contribution in [-0.4, -0.2) is 20.4 Å². The first kappa shape index (κ1) is 22.2. The van der Waals surface area contributed by atoms with Crippen molar-refractivity contribution in [3.05, 3.63) is 93.0 Å². The van der Waals surface area contributed by atoms with Crippen LogP contribution in [-0.2, 0) is 12.8 Å². The maximum Gasteiger partial charge on any atom is 0.134 e. The zero-order valence-corrected chi connectivity index (χ0v) is 19.4. The van der Waals surface area contributed by atoms with Crippen molar-refractivity contribution in [3.8, 4) is 45.3 Å². The summed E-state index contributed by atoms with van der Waals surface area (Å²) in [4.78, 5) is 0. The van der Waals surface area contributed by atoms with Crippen LogP contribution in [0.4, 0.5) is 0 Å². The Morgan fingerprint density at radius 3 is 2.00 bits per heavy atom. The highest BCUT2D eigenvalue weighted by atomic mass is 35.5. The van der Waals surface area contributed by atoms with Crippen LogP contribution in [0, 0.1) is 0 Å². The fourth-order valence-corrected chi connectivity index (χ4v) is 4.81. The van der Waals surface area contributed by atoms with Gasteiger partial charge in [-0.2, -0.15) is 0 Å². The van der Waals surface area contributed by atoms with Gasteiger partial charge in [-0.15, -0.1) is 0 Å². The van der Waals surface area contributed by atoms with Gasteiger partial charge in [0.25, 0.3) is 0 Å². The second kappa shape index (κ2) is 8.64. The molecule has 0 aliphatic heterocycles. The molecule has 2 aliphatic rings. The van der Waals surface area contributed by atoms with Crippen LogP contribution in [0.1, 0.15) is 22.3 Å². The fraction of sp³-hybridized carbons (Fsp3) is 0.0714. The Morgan fingerprint density at radius 2 is 1.24 bits per heavy atom. The van der Waals surface area contributed by atoms with Gasteiger partial charge in [0, 0.05) is 16.7 Å². The standard InChI is InChI=1S/C28H20Cl2O4/c29-22-14-19-18(13-26(22)33)6-3-16-5-8-25(32)21(10-16)20-9-15(4-7-24(20)31)1-2-17-11-23(30)28(19)27(34)12-17/h1-2,4-5,7-14,31-34H,3,6H2/b2-1-. The van der Waals surface area contributed by atoms with Gasteiger partial charge in [0.05, 0.1) is 10.0 Å². The number of hydrogen-bond acceptors (Lipinski definition) is 4. The van der Waals surface area contributed by atoms with E-state index in [4.69, 9.17) is 23.2 Å². The second-order valence-electron chi connectivity index (χ2n) is 8.32. The average Bonchev–Trinajstić information content (AvgIpc) is 2.79. The zero-order valence-electron chi connectivity index (χ0n) is 17.9. The molecule has 0 aromatic heterocycles. The molecular formula is C28H20Cl2O4. The number of fused-ring (bicyclic) bond motifs is 3. The molecule has 0 radical (unpaired) electrons. The molecule has 0 amide bonds. The SMILES string of the molecule is Oc1cc2c(cc1Cl)-c1c(O)cc(cc1Cl)/C=C\c1ccc(O)c(c1)-c1cc(ccc1O)CC2. The average molecular weight is 491 g/mol. The third-order valence-electron chi connectivity index (χ3n) is 6.06. The van der Waals surface area contributed by atoms with Gasteiger partial charge in [0.2, 0.25) is 0 Å². The third kappa shape index (κ3) is 4.07. The Labute approximate surface area is 206 Å². The van der Waals surface area contributed by atoms with Crippen LogP contribution in [0.25, 0.3) is 34.4 Å². The molecule has 0 saturated carbocycles. The summed E-state index contributed by atoms with van der Waals surface area (Å²) in [6.45, 7) is 0. The Kier molecular flexibility index (Phi) is 5.64. The van der Waals surface area contributed by atoms with Crippen LogP contribution in [0.5, 0.6) is 23.0 Å². The number of aryl methyl sites for hydroxylation is 2. The van der Waals surface area contributed by atoms with E-state index < -0.39 is 0 Å². The highest BCUT2D eigenvalue weighted by molar-refractivity contribution is 6.34. The van der Waals surface area contributed by atoms with Gasteiger partial charge in [-0.25, -0.2) is 0 Å². The summed E-state index contributed by atoms with van der Waals surface area (Å²) < 4.78 is 0. The van der Waals surface area contributed by atoms with Gasteiger partial charge in [0.15, 0.2) is 0 Å². The van der Waals surface area contributed by atoms with E-state index in [-0.39, 0.29) is 28.0 Å². The first-order valence-corrected chi connectivity index (χ1v) is 11.4. The number of benzene rings is 4. The summed E-state index contributed by atoms with van der Waals surface area (Å²) in [6, 6.07) is 17.0. The molecule has 4 aromatic rings. The first-order valence-electron chi connectivity index (χ1n) is 10.7. The van der Waals surface area contributed by atoms with Crippen molar-refractivity contribution >= 4 is 35.4 Å². The Hall–Kier alpha value is -3.60. The zero-order chi connectivity index (χ0) is 24.0. The number of hydrogen-bond donors (Lipinski definition) is 4.